The molecule has 5 nitrogen and oxygen atoms in total. The van der Waals surface area contributed by atoms with Crippen molar-refractivity contribution >= 4 is 11.9 Å². The van der Waals surface area contributed by atoms with Crippen molar-refractivity contribution in [2.24, 2.45) is 0 Å². The summed E-state index contributed by atoms with van der Waals surface area (Å²) in [6, 6.07) is 0. The number of carbonyl (C=O) groups is 2. The van der Waals surface area contributed by atoms with Gasteiger partial charge in [-0.25, -0.2) is 0 Å². The Hall–Kier alpha value is -3.18. The molecule has 0 saturated heterocycles. The van der Waals surface area contributed by atoms with E-state index in [4.69, 9.17) is 14.2 Å². The maximum absolute atomic E-state index is 12.8. The molecule has 0 amide bonds. The standard InChI is InChI=1S/C57H96O5/c1-4-7-10-13-16-19-22-24-26-27-28-29-30-32-34-37-40-43-46-49-52-60-53-55(62-57(59)51-48-45-42-39-35-21-18-15-12-9-6-3)54-61-56(58)50-47-44-41-38-36-33-31-25-23-20-17-14-11-8-5-2/h7,10,15-20,24-26,28-29,31-32,34,55H,4-6,8-9,11-14,21-23,27,30,33,35-54H2,1-3H3/b10-7-,18-15-,19-16-,20-17-,26-24-,29-28-,31-25-,34-32-. The van der Waals surface area contributed by atoms with Crippen molar-refractivity contribution < 1.29 is 23.8 Å². The van der Waals surface area contributed by atoms with Gasteiger partial charge in [0.1, 0.15) is 6.61 Å². The van der Waals surface area contributed by atoms with E-state index in [0.29, 0.717) is 19.4 Å². The van der Waals surface area contributed by atoms with Gasteiger partial charge in [0.05, 0.1) is 6.61 Å². The molecule has 0 saturated carbocycles. The van der Waals surface area contributed by atoms with E-state index < -0.39 is 6.10 Å². The lowest BCUT2D eigenvalue weighted by Crippen LogP contribution is -2.30. The third-order valence-electron chi connectivity index (χ3n) is 10.6. The van der Waals surface area contributed by atoms with Gasteiger partial charge in [-0.3, -0.25) is 9.59 Å². The summed E-state index contributed by atoms with van der Waals surface area (Å²) in [6.45, 7) is 7.57. The Morgan fingerprint density at radius 2 is 0.742 bits per heavy atom. The van der Waals surface area contributed by atoms with Crippen LogP contribution in [0.3, 0.4) is 0 Å². The van der Waals surface area contributed by atoms with Gasteiger partial charge in [-0.1, -0.05) is 195 Å². The molecule has 0 aliphatic rings. The van der Waals surface area contributed by atoms with Crippen LogP contribution in [-0.2, 0) is 23.8 Å². The first-order chi connectivity index (χ1) is 30.6. The lowest BCUT2D eigenvalue weighted by Gasteiger charge is -2.18. The zero-order valence-electron chi connectivity index (χ0n) is 40.6. The summed E-state index contributed by atoms with van der Waals surface area (Å²) < 4.78 is 17.3. The van der Waals surface area contributed by atoms with E-state index in [0.717, 1.165) is 116 Å². The number of carbonyl (C=O) groups excluding carboxylic acids is 2. The molecule has 62 heavy (non-hydrogen) atoms. The van der Waals surface area contributed by atoms with E-state index in [-0.39, 0.29) is 25.2 Å². The number of ether oxygens (including phenoxy) is 3. The van der Waals surface area contributed by atoms with Crippen LogP contribution in [-0.4, -0.2) is 37.9 Å². The smallest absolute Gasteiger partial charge is 0.306 e. The highest BCUT2D eigenvalue weighted by Gasteiger charge is 2.17. The van der Waals surface area contributed by atoms with Crippen molar-refractivity contribution in [2.75, 3.05) is 19.8 Å². The monoisotopic (exact) mass is 861 g/mol. The summed E-state index contributed by atoms with van der Waals surface area (Å²) in [4.78, 5) is 25.3. The van der Waals surface area contributed by atoms with Gasteiger partial charge in [0.15, 0.2) is 6.10 Å². The third-order valence-corrected chi connectivity index (χ3v) is 10.6. The summed E-state index contributed by atoms with van der Waals surface area (Å²) in [5.74, 6) is -0.443. The minimum atomic E-state index is -0.564. The Balaban J connectivity index is 4.33. The lowest BCUT2D eigenvalue weighted by atomic mass is 10.1. The Morgan fingerprint density at radius 1 is 0.371 bits per heavy atom. The molecular weight excluding hydrogens is 765 g/mol. The molecule has 0 fully saturated rings. The summed E-state index contributed by atoms with van der Waals surface area (Å²) in [5.41, 5.74) is 0. The summed E-state index contributed by atoms with van der Waals surface area (Å²) in [5, 5.41) is 0. The third kappa shape index (κ3) is 49.5. The first kappa shape index (κ1) is 58.8. The topological polar surface area (TPSA) is 61.8 Å². The second kappa shape index (κ2) is 52.2. The Morgan fingerprint density at radius 3 is 1.23 bits per heavy atom. The maximum Gasteiger partial charge on any atom is 0.306 e. The van der Waals surface area contributed by atoms with Gasteiger partial charge in [-0.2, -0.15) is 0 Å². The molecule has 0 radical (unpaired) electrons. The molecule has 0 aliphatic heterocycles. The van der Waals surface area contributed by atoms with Gasteiger partial charge in [-0.05, 0) is 116 Å². The molecule has 0 aromatic heterocycles. The van der Waals surface area contributed by atoms with Gasteiger partial charge < -0.3 is 14.2 Å². The fraction of sp³-hybridized carbons (Fsp3) is 0.684. The van der Waals surface area contributed by atoms with Gasteiger partial charge in [0.25, 0.3) is 0 Å². The molecule has 0 rings (SSSR count). The molecule has 0 aromatic rings. The van der Waals surface area contributed by atoms with Crippen molar-refractivity contribution in [2.45, 2.75) is 232 Å². The van der Waals surface area contributed by atoms with Crippen molar-refractivity contribution in [3.8, 4) is 0 Å². The zero-order chi connectivity index (χ0) is 44.9. The number of hydrogen-bond donors (Lipinski definition) is 0. The van der Waals surface area contributed by atoms with E-state index in [1.54, 1.807) is 0 Å². The van der Waals surface area contributed by atoms with Crippen LogP contribution in [0.15, 0.2) is 97.2 Å². The Kier molecular flexibility index (Phi) is 49.5. The minimum absolute atomic E-state index is 0.0594. The molecule has 0 aliphatic carbocycles. The highest BCUT2D eigenvalue weighted by atomic mass is 16.6. The maximum atomic E-state index is 12.8. The average Bonchev–Trinajstić information content (AvgIpc) is 3.27. The van der Waals surface area contributed by atoms with Crippen LogP contribution >= 0.6 is 0 Å². The highest BCUT2D eigenvalue weighted by Crippen LogP contribution is 2.12. The number of rotatable bonds is 46. The number of hydrogen-bond acceptors (Lipinski definition) is 5. The van der Waals surface area contributed by atoms with Crippen molar-refractivity contribution in [1.29, 1.82) is 0 Å². The van der Waals surface area contributed by atoms with E-state index in [1.165, 1.54) is 77.0 Å². The summed E-state index contributed by atoms with van der Waals surface area (Å²) in [6.07, 6.45) is 69.8. The van der Waals surface area contributed by atoms with E-state index >= 15 is 0 Å². The van der Waals surface area contributed by atoms with Crippen molar-refractivity contribution in [1.82, 2.24) is 0 Å². The number of esters is 2. The molecule has 0 heterocycles. The van der Waals surface area contributed by atoms with Crippen LogP contribution < -0.4 is 0 Å². The zero-order valence-corrected chi connectivity index (χ0v) is 40.6. The molecule has 354 valence electrons. The van der Waals surface area contributed by atoms with E-state index in [9.17, 15) is 9.59 Å². The molecule has 0 spiro atoms. The van der Waals surface area contributed by atoms with E-state index in [2.05, 4.69) is 118 Å². The van der Waals surface area contributed by atoms with Crippen LogP contribution in [0.25, 0.3) is 0 Å². The van der Waals surface area contributed by atoms with Crippen LogP contribution in [0.4, 0.5) is 0 Å². The second-order valence-electron chi connectivity index (χ2n) is 16.7. The van der Waals surface area contributed by atoms with Crippen LogP contribution in [0.1, 0.15) is 226 Å². The summed E-state index contributed by atoms with van der Waals surface area (Å²) >= 11 is 0. The van der Waals surface area contributed by atoms with Gasteiger partial charge in [-0.15, -0.1) is 0 Å². The molecule has 5 heteroatoms. The van der Waals surface area contributed by atoms with Crippen LogP contribution in [0, 0.1) is 0 Å². The molecule has 0 N–H and O–H groups in total. The first-order valence-corrected chi connectivity index (χ1v) is 25.8. The normalized spacial score (nSPS) is 13.0. The molecule has 0 aromatic carbocycles. The van der Waals surface area contributed by atoms with Crippen LogP contribution in [0.2, 0.25) is 0 Å². The first-order valence-electron chi connectivity index (χ1n) is 25.8. The molecule has 0 bridgehead atoms. The van der Waals surface area contributed by atoms with E-state index in [1.807, 2.05) is 0 Å². The second-order valence-corrected chi connectivity index (χ2v) is 16.7. The quantitative estimate of drug-likeness (QED) is 0.0347. The molecular formula is C57H96O5. The molecule has 1 atom stereocenters. The number of allylic oxidation sites excluding steroid dienone is 16. The Labute approximate surface area is 383 Å². The fourth-order valence-corrected chi connectivity index (χ4v) is 6.72. The largest absolute Gasteiger partial charge is 0.462 e. The highest BCUT2D eigenvalue weighted by molar-refractivity contribution is 5.70. The Bertz CT molecular complexity index is 1200. The molecule has 1 unspecified atom stereocenters. The minimum Gasteiger partial charge on any atom is -0.462 e. The lowest BCUT2D eigenvalue weighted by molar-refractivity contribution is -0.163. The van der Waals surface area contributed by atoms with Gasteiger partial charge in [0.2, 0.25) is 0 Å². The van der Waals surface area contributed by atoms with Gasteiger partial charge >= 0.3 is 11.9 Å². The predicted octanol–water partition coefficient (Wildman–Crippen LogP) is 17.5. The van der Waals surface area contributed by atoms with Crippen molar-refractivity contribution in [3.05, 3.63) is 97.2 Å². The summed E-state index contributed by atoms with van der Waals surface area (Å²) in [7, 11) is 0. The average molecular weight is 861 g/mol. The number of unbranched alkanes of at least 4 members (excludes halogenated alkanes) is 19. The SMILES string of the molecule is CC/C=C\C/C=C\C/C=C\C/C=C\C/C=C\CCCCCCOCC(COC(=O)CCCCCCC/C=C\C/C=C\CCCCC)OC(=O)CCCCCCC/C=C\CCCC. The fourth-order valence-electron chi connectivity index (χ4n) is 6.72. The van der Waals surface area contributed by atoms with Crippen molar-refractivity contribution in [3.63, 3.8) is 0 Å². The van der Waals surface area contributed by atoms with Gasteiger partial charge in [0, 0.05) is 19.4 Å². The predicted molar refractivity (Wildman–Crippen MR) is 270 cm³/mol. The van der Waals surface area contributed by atoms with Crippen LogP contribution in [0.5, 0.6) is 0 Å².